The maximum absolute atomic E-state index is 11.6. The summed E-state index contributed by atoms with van der Waals surface area (Å²) in [5.74, 6) is -2.37. The zero-order valence-electron chi connectivity index (χ0n) is 43.5. The number of carbonyl (C=O) groups excluding carboxylic acids is 4. The van der Waals surface area contributed by atoms with Crippen LogP contribution < -0.4 is 11.1 Å². The predicted molar refractivity (Wildman–Crippen MR) is 317 cm³/mol. The molecular weight excluding hydrogens is 1400 g/mol. The molecule has 1 heterocycles. The van der Waals surface area contributed by atoms with Crippen molar-refractivity contribution in [3.63, 3.8) is 0 Å². The van der Waals surface area contributed by atoms with Crippen LogP contribution in [0.5, 0.6) is 0 Å². The number of carboxylic acid groups (broad SMARTS) is 1. The van der Waals surface area contributed by atoms with Gasteiger partial charge in [0.15, 0.2) is 0 Å². The van der Waals surface area contributed by atoms with Gasteiger partial charge in [-0.3, -0.25) is 53.3 Å². The Morgan fingerprint density at radius 2 is 1.09 bits per heavy atom. The summed E-state index contributed by atoms with van der Waals surface area (Å²) in [5, 5.41) is 37.7. The van der Waals surface area contributed by atoms with Crippen LogP contribution in [-0.4, -0.2) is 115 Å². The molecule has 0 saturated carbocycles. The maximum atomic E-state index is 11.6. The monoisotopic (exact) mass is 1460 g/mol. The highest BCUT2D eigenvalue weighted by Gasteiger charge is 2.26. The van der Waals surface area contributed by atoms with E-state index in [4.69, 9.17) is 48.3 Å². The van der Waals surface area contributed by atoms with Gasteiger partial charge >= 0.3 is 34.3 Å². The van der Waals surface area contributed by atoms with E-state index in [1.54, 1.807) is 30.3 Å². The molecule has 5 aromatic rings. The van der Waals surface area contributed by atoms with Crippen molar-refractivity contribution < 1.29 is 75.8 Å². The van der Waals surface area contributed by atoms with Gasteiger partial charge in [0, 0.05) is 47.4 Å². The fraction of sp³-hybridized carbons (Fsp3) is 0.288. The first-order valence-corrected chi connectivity index (χ1v) is 28.2. The van der Waals surface area contributed by atoms with Crippen LogP contribution in [0.25, 0.3) is 0 Å². The summed E-state index contributed by atoms with van der Waals surface area (Å²) in [4.78, 5) is 73.9. The van der Waals surface area contributed by atoms with Gasteiger partial charge in [-0.25, -0.2) is 0 Å². The zero-order valence-corrected chi connectivity index (χ0v) is 52.2. The molecule has 1 saturated heterocycles. The molecule has 3 atom stereocenters. The van der Waals surface area contributed by atoms with Gasteiger partial charge in [0.25, 0.3) is 0 Å². The van der Waals surface area contributed by atoms with Crippen LogP contribution in [0.4, 0.5) is 0 Å². The number of halogens is 5. The van der Waals surface area contributed by atoms with Gasteiger partial charge in [-0.05, 0) is 114 Å². The van der Waals surface area contributed by atoms with Crippen molar-refractivity contribution in [2.24, 2.45) is 5.73 Å². The van der Waals surface area contributed by atoms with E-state index in [0.29, 0.717) is 31.1 Å². The standard InChI is InChI=1S/C11H12BrNO4.C11H14BrNO2.C10H10BrNO.C9H9BrO2.C8H7BrO2.C2H3NO2.CH4O.H2O4S/c1-17-11(14)10(5-6-13(15)16)8-3-2-4-9(12)7-8;1-15-11(14)10(5-6-13)8-3-2-4-9(12)7-8;11-8-3-1-2-7(6-8)9-4-5-12-10(9)13;1-12-9(11)6-7-3-2-4-8(10)5-7;9-7-3-1-2-6(4-7)5-8(10)11;1-2-3(4)5;1-2;1-5(2,3)4/h2-4,7,10H,5-6H2,1H3;2-4,7,10H,5-6,13H2,1H3;1-3,6,9H,4-5H2,(H,12,13);2-5H,6H2,1H3;1-4H,5H2,(H,10,11);2H,1H2;2H,1H3;(H2,1,2,3,4). The molecule has 438 valence electrons. The van der Waals surface area contributed by atoms with Crippen molar-refractivity contribution >= 4 is 120 Å². The minimum absolute atomic E-state index is 0.0532. The molecule has 3 unspecified atom stereocenters. The Morgan fingerprint density at radius 3 is 1.41 bits per heavy atom. The fourth-order valence-corrected chi connectivity index (χ4v) is 8.46. The largest absolute Gasteiger partial charge is 0.481 e. The molecule has 0 aromatic heterocycles. The third-order valence-corrected chi connectivity index (χ3v) is 12.2. The van der Waals surface area contributed by atoms with Crippen LogP contribution in [0.2, 0.25) is 0 Å². The number of hydrogen-bond donors (Lipinski definition) is 6. The number of methoxy groups -OCH3 is 3. The number of nitrogens with two attached hydrogens (primary N) is 1. The molecule has 5 aromatic carbocycles. The molecule has 0 aliphatic carbocycles. The third-order valence-electron chi connectivity index (χ3n) is 9.69. The van der Waals surface area contributed by atoms with Gasteiger partial charge in [-0.15, -0.1) is 0 Å². The minimum atomic E-state index is -4.67. The lowest BCUT2D eigenvalue weighted by atomic mass is 9.96. The quantitative estimate of drug-likeness (QED) is 0.0186. The van der Waals surface area contributed by atoms with Crippen molar-refractivity contribution in [2.75, 3.05) is 48.1 Å². The van der Waals surface area contributed by atoms with Crippen LogP contribution >= 0.6 is 79.6 Å². The number of ether oxygens (including phenoxy) is 3. The first kappa shape index (κ1) is 76.2. The van der Waals surface area contributed by atoms with Gasteiger partial charge in [-0.1, -0.05) is 140 Å². The predicted octanol–water partition coefficient (Wildman–Crippen LogP) is 10.1. The van der Waals surface area contributed by atoms with E-state index < -0.39 is 38.1 Å². The number of nitrogens with one attached hydrogen (secondary N) is 1. The summed E-state index contributed by atoms with van der Waals surface area (Å²) >= 11 is 16.6. The normalized spacial score (nSPS) is 12.3. The molecule has 1 aliphatic rings. The third kappa shape index (κ3) is 37.9. The number of aliphatic carboxylic acids is 1. The summed E-state index contributed by atoms with van der Waals surface area (Å²) in [6.07, 6.45) is 2.70. The molecule has 1 fully saturated rings. The average molecular weight is 1460 g/mol. The summed E-state index contributed by atoms with van der Waals surface area (Å²) in [6, 6.07) is 37.6. The van der Waals surface area contributed by atoms with Gasteiger partial charge in [0.05, 0.1) is 56.8 Å². The second-order valence-electron chi connectivity index (χ2n) is 15.4. The summed E-state index contributed by atoms with van der Waals surface area (Å²) < 4.78 is 50.2. The Bertz CT molecular complexity index is 2840. The number of aliphatic hydroxyl groups excluding tert-OH is 1. The Kier molecular flexibility index (Phi) is 41.9. The van der Waals surface area contributed by atoms with Crippen molar-refractivity contribution in [3.05, 3.63) is 205 Å². The van der Waals surface area contributed by atoms with E-state index in [0.717, 1.165) is 64.7 Å². The molecule has 0 spiro atoms. The van der Waals surface area contributed by atoms with E-state index >= 15 is 0 Å². The van der Waals surface area contributed by atoms with E-state index in [-0.39, 0.29) is 49.1 Å². The van der Waals surface area contributed by atoms with Gasteiger partial charge in [0.2, 0.25) is 18.7 Å². The van der Waals surface area contributed by atoms with Crippen LogP contribution in [0, 0.1) is 20.2 Å². The summed E-state index contributed by atoms with van der Waals surface area (Å²) in [6.45, 7) is 3.87. The number of nitro groups is 2. The number of carbonyl (C=O) groups is 5. The van der Waals surface area contributed by atoms with Crippen molar-refractivity contribution in [3.8, 4) is 0 Å². The molecule has 7 N–H and O–H groups in total. The summed E-state index contributed by atoms with van der Waals surface area (Å²) in [7, 11) is 0.392. The molecular formula is C52H61Br5N4O18S. The minimum Gasteiger partial charge on any atom is -0.481 e. The Labute approximate surface area is 505 Å². The van der Waals surface area contributed by atoms with Crippen LogP contribution in [0.15, 0.2) is 156 Å². The van der Waals surface area contributed by atoms with Crippen molar-refractivity contribution in [1.29, 1.82) is 0 Å². The summed E-state index contributed by atoms with van der Waals surface area (Å²) in [5.41, 5.74) is 9.99. The van der Waals surface area contributed by atoms with E-state index in [2.05, 4.69) is 101 Å². The number of nitrogens with zero attached hydrogens (tertiary/aromatic N) is 2. The molecule has 28 heteroatoms. The molecule has 80 heavy (non-hydrogen) atoms. The highest BCUT2D eigenvalue weighted by Crippen LogP contribution is 2.27. The molecule has 0 radical (unpaired) electrons. The highest BCUT2D eigenvalue weighted by atomic mass is 79.9. The number of carboxylic acids is 1. The van der Waals surface area contributed by atoms with Gasteiger partial charge in [0.1, 0.15) is 0 Å². The average Bonchev–Trinajstić information content (AvgIpc) is 3.84. The van der Waals surface area contributed by atoms with Crippen molar-refractivity contribution in [1.82, 2.24) is 5.32 Å². The number of hydrogen-bond acceptors (Lipinski definition) is 16. The van der Waals surface area contributed by atoms with Gasteiger partial charge < -0.3 is 35.5 Å². The maximum Gasteiger partial charge on any atom is 0.394 e. The lowest BCUT2D eigenvalue weighted by Crippen LogP contribution is -2.18. The fourth-order valence-electron chi connectivity index (χ4n) is 6.32. The smallest absolute Gasteiger partial charge is 0.394 e. The lowest BCUT2D eigenvalue weighted by Gasteiger charge is -2.14. The highest BCUT2D eigenvalue weighted by molar-refractivity contribution is 9.11. The molecule has 6 rings (SSSR count). The number of esters is 3. The molecule has 1 aliphatic heterocycles. The molecule has 1 amide bonds. The number of amides is 1. The molecule has 0 bridgehead atoms. The SMILES string of the molecule is C=C[N+](=O)[O-].CO.COC(=O)C(CCN)c1cccc(Br)c1.COC(=O)C(CC[N+](=O)[O-])c1cccc(Br)c1.COC(=O)Cc1cccc(Br)c1.O=C(O)Cc1cccc(Br)c1.O=C1NCCC1c1cccc(Br)c1.O=S(=O)(O)O. The lowest BCUT2D eigenvalue weighted by molar-refractivity contribution is -0.480. The number of benzene rings is 5. The van der Waals surface area contributed by atoms with E-state index in [9.17, 15) is 34.1 Å². The Balaban J connectivity index is 0. The topological polar surface area (TPSA) is 352 Å². The van der Waals surface area contributed by atoms with E-state index in [1.165, 1.54) is 21.3 Å². The number of rotatable bonds is 15. The van der Waals surface area contributed by atoms with Crippen molar-refractivity contribution in [2.45, 2.75) is 49.9 Å². The molecule has 22 nitrogen and oxygen atoms in total. The Morgan fingerprint density at radius 1 is 0.700 bits per heavy atom. The Hall–Kier alpha value is -5.82. The number of aliphatic hydroxyl groups is 1. The van der Waals surface area contributed by atoms with Crippen LogP contribution in [0.3, 0.4) is 0 Å². The van der Waals surface area contributed by atoms with E-state index in [1.807, 2.05) is 91.0 Å². The van der Waals surface area contributed by atoms with Crippen LogP contribution in [0.1, 0.15) is 64.8 Å². The van der Waals surface area contributed by atoms with Crippen LogP contribution in [-0.2, 0) is 61.4 Å². The zero-order chi connectivity index (χ0) is 61.4. The first-order chi connectivity index (χ1) is 37.7. The first-order valence-electron chi connectivity index (χ1n) is 22.9. The second-order valence-corrected chi connectivity index (χ2v) is 20.8. The van der Waals surface area contributed by atoms with Gasteiger partial charge in [-0.2, -0.15) is 8.42 Å². The second kappa shape index (κ2) is 43.9.